The van der Waals surface area contributed by atoms with E-state index in [1.54, 1.807) is 17.0 Å². The highest BCUT2D eigenvalue weighted by Crippen LogP contribution is 2.37. The molecule has 46 heavy (non-hydrogen) atoms. The molecule has 246 valence electrons. The zero-order chi connectivity index (χ0) is 33.2. The molecule has 0 bridgehead atoms. The van der Waals surface area contributed by atoms with Crippen molar-refractivity contribution in [2.75, 3.05) is 68.0 Å². The summed E-state index contributed by atoms with van der Waals surface area (Å²) < 4.78 is 62.7. The number of likely N-dealkylation sites (tertiary alicyclic amines) is 2. The van der Waals surface area contributed by atoms with Gasteiger partial charge in [-0.1, -0.05) is 12.6 Å². The van der Waals surface area contributed by atoms with E-state index in [0.717, 1.165) is 32.0 Å². The van der Waals surface area contributed by atoms with Gasteiger partial charge in [0.05, 0.1) is 29.1 Å². The van der Waals surface area contributed by atoms with Gasteiger partial charge in [0.2, 0.25) is 11.8 Å². The summed E-state index contributed by atoms with van der Waals surface area (Å²) >= 11 is 0. The van der Waals surface area contributed by atoms with Crippen LogP contribution in [0.4, 0.5) is 34.8 Å². The van der Waals surface area contributed by atoms with Crippen LogP contribution in [0.25, 0.3) is 0 Å². The SMILES string of the molecule is C=CC(=O)N1CC(OC2CCN(CCN3CC[C@H](Nc4nc(C)cc(C(F)(F)F)c4C#N)C(=O)N(C)c4cccc(F)c43)CC2)C1. The van der Waals surface area contributed by atoms with Crippen LogP contribution >= 0.6 is 0 Å². The van der Waals surface area contributed by atoms with Crippen molar-refractivity contribution in [3.05, 3.63) is 59.6 Å². The van der Waals surface area contributed by atoms with E-state index in [9.17, 15) is 28.0 Å². The summed E-state index contributed by atoms with van der Waals surface area (Å²) in [5.74, 6) is -1.39. The summed E-state index contributed by atoms with van der Waals surface area (Å²) in [4.78, 5) is 36.5. The van der Waals surface area contributed by atoms with E-state index in [1.165, 1.54) is 37.1 Å². The molecule has 1 atom stereocenters. The van der Waals surface area contributed by atoms with E-state index in [-0.39, 0.29) is 48.3 Å². The molecule has 0 aliphatic carbocycles. The smallest absolute Gasteiger partial charge is 0.371 e. The van der Waals surface area contributed by atoms with Gasteiger partial charge in [0, 0.05) is 58.6 Å². The molecule has 0 radical (unpaired) electrons. The lowest BCUT2D eigenvalue weighted by molar-refractivity contribution is -0.147. The number of hydrogen-bond acceptors (Lipinski definition) is 8. The maximum absolute atomic E-state index is 15.3. The minimum absolute atomic E-state index is 0.0292. The Labute approximate surface area is 265 Å². The summed E-state index contributed by atoms with van der Waals surface area (Å²) in [6.07, 6.45) is -1.58. The molecule has 0 saturated carbocycles. The van der Waals surface area contributed by atoms with Crippen molar-refractivity contribution in [3.8, 4) is 6.07 Å². The maximum atomic E-state index is 15.3. The average Bonchev–Trinajstić information content (AvgIpc) is 3.00. The first-order valence-corrected chi connectivity index (χ1v) is 15.2. The number of carbonyl (C=O) groups excluding carboxylic acids is 2. The van der Waals surface area contributed by atoms with Crippen LogP contribution < -0.4 is 15.1 Å². The second kappa shape index (κ2) is 13.6. The van der Waals surface area contributed by atoms with Crippen molar-refractivity contribution >= 4 is 29.0 Å². The van der Waals surface area contributed by atoms with Crippen LogP contribution in [0.15, 0.2) is 36.9 Å². The molecule has 1 aromatic heterocycles. The van der Waals surface area contributed by atoms with Crippen LogP contribution in [0.3, 0.4) is 0 Å². The number of pyridine rings is 1. The fourth-order valence-electron chi connectivity index (χ4n) is 6.23. The number of para-hydroxylation sites is 1. The number of nitrogens with zero attached hydrogens (tertiary/aromatic N) is 6. The summed E-state index contributed by atoms with van der Waals surface area (Å²) in [7, 11) is 1.49. The Bertz CT molecular complexity index is 1510. The molecule has 1 aromatic carbocycles. The van der Waals surface area contributed by atoms with Crippen LogP contribution in [0.1, 0.15) is 36.1 Å². The number of fused-ring (bicyclic) bond motifs is 1. The Morgan fingerprint density at radius 2 is 1.89 bits per heavy atom. The van der Waals surface area contributed by atoms with Gasteiger partial charge in [-0.2, -0.15) is 18.4 Å². The van der Waals surface area contributed by atoms with Gasteiger partial charge in [-0.15, -0.1) is 0 Å². The molecular formula is C32H37F4N7O3. The highest BCUT2D eigenvalue weighted by Gasteiger charge is 2.38. The largest absolute Gasteiger partial charge is 0.417 e. The number of piperidine rings is 1. The number of amides is 2. The lowest BCUT2D eigenvalue weighted by Gasteiger charge is -2.42. The predicted octanol–water partition coefficient (Wildman–Crippen LogP) is 3.95. The molecule has 2 amide bonds. The van der Waals surface area contributed by atoms with E-state index in [0.29, 0.717) is 31.9 Å². The number of halogens is 4. The van der Waals surface area contributed by atoms with E-state index in [1.807, 2.05) is 4.90 Å². The third kappa shape index (κ3) is 7.10. The van der Waals surface area contributed by atoms with Crippen molar-refractivity contribution < 1.29 is 31.9 Å². The monoisotopic (exact) mass is 643 g/mol. The van der Waals surface area contributed by atoms with Crippen LogP contribution in [0.2, 0.25) is 0 Å². The van der Waals surface area contributed by atoms with Crippen LogP contribution in [0.5, 0.6) is 0 Å². The quantitative estimate of drug-likeness (QED) is 0.341. The van der Waals surface area contributed by atoms with Crippen LogP contribution in [-0.4, -0.2) is 97.7 Å². The molecule has 4 heterocycles. The zero-order valence-corrected chi connectivity index (χ0v) is 25.8. The Morgan fingerprint density at radius 3 is 2.54 bits per heavy atom. The van der Waals surface area contributed by atoms with Crippen molar-refractivity contribution in [1.29, 1.82) is 5.26 Å². The lowest BCUT2D eigenvalue weighted by Crippen LogP contribution is -2.56. The summed E-state index contributed by atoms with van der Waals surface area (Å²) in [5.41, 5.74) is -1.16. The number of alkyl halides is 3. The van der Waals surface area contributed by atoms with Gasteiger partial charge in [0.25, 0.3) is 0 Å². The fraction of sp³-hybridized carbons (Fsp3) is 0.500. The standard InChI is InChI=1S/C32H37F4N7O3/c1-4-28(44)43-18-22(19-43)46-21-8-11-41(12-9-21)14-15-42-13-10-26(31(45)40(3)27-7-5-6-25(33)29(27)42)39-30-23(17-37)24(32(34,35)36)16-20(2)38-30/h4-7,16,21-22,26H,1,8-15,18-19H2,2-3H3,(H,38,39)/t26-/m0/s1. The maximum Gasteiger partial charge on any atom is 0.417 e. The Morgan fingerprint density at radius 1 is 1.17 bits per heavy atom. The molecule has 3 aliphatic rings. The average molecular weight is 644 g/mol. The number of carbonyl (C=O) groups is 2. The van der Waals surface area contributed by atoms with Gasteiger partial charge in [0.1, 0.15) is 29.3 Å². The number of ether oxygens (including phenoxy) is 1. The normalized spacial score (nSPS) is 20.0. The zero-order valence-electron chi connectivity index (χ0n) is 25.8. The van der Waals surface area contributed by atoms with Gasteiger partial charge < -0.3 is 29.7 Å². The number of rotatable bonds is 8. The molecule has 10 nitrogen and oxygen atoms in total. The second-order valence-corrected chi connectivity index (χ2v) is 11.9. The summed E-state index contributed by atoms with van der Waals surface area (Å²) in [5, 5.41) is 12.4. The number of nitrogens with one attached hydrogen (secondary N) is 1. The molecule has 0 unspecified atom stereocenters. The van der Waals surface area contributed by atoms with Crippen LogP contribution in [-0.2, 0) is 20.5 Å². The van der Waals surface area contributed by atoms with E-state index in [4.69, 9.17) is 4.74 Å². The number of anilines is 3. The van der Waals surface area contributed by atoms with E-state index in [2.05, 4.69) is 21.8 Å². The van der Waals surface area contributed by atoms with Crippen LogP contribution in [0, 0.1) is 24.1 Å². The topological polar surface area (TPSA) is 105 Å². The first-order chi connectivity index (χ1) is 21.9. The summed E-state index contributed by atoms with van der Waals surface area (Å²) in [6, 6.07) is 5.85. The summed E-state index contributed by atoms with van der Waals surface area (Å²) in [6.45, 7) is 8.89. The number of hydrogen-bond donors (Lipinski definition) is 1. The number of benzene rings is 1. The molecule has 1 N–H and O–H groups in total. The molecule has 2 saturated heterocycles. The molecule has 2 fully saturated rings. The second-order valence-electron chi connectivity index (χ2n) is 11.9. The lowest BCUT2D eigenvalue weighted by atomic mass is 10.0. The van der Waals surface area contributed by atoms with Gasteiger partial charge >= 0.3 is 6.18 Å². The first-order valence-electron chi connectivity index (χ1n) is 15.2. The minimum Gasteiger partial charge on any atom is -0.371 e. The number of aryl methyl sites for hydroxylation is 1. The van der Waals surface area contributed by atoms with E-state index >= 15 is 4.39 Å². The predicted molar refractivity (Wildman–Crippen MR) is 164 cm³/mol. The minimum atomic E-state index is -4.78. The van der Waals surface area contributed by atoms with Crippen molar-refractivity contribution in [3.63, 3.8) is 0 Å². The Kier molecular flexibility index (Phi) is 9.83. The first kappa shape index (κ1) is 33.2. The van der Waals surface area contributed by atoms with E-state index < -0.39 is 35.1 Å². The van der Waals surface area contributed by atoms with Gasteiger partial charge in [-0.3, -0.25) is 9.59 Å². The third-order valence-corrected chi connectivity index (χ3v) is 8.78. The number of likely N-dealkylation sites (N-methyl/N-ethyl adjacent to an activating group) is 1. The third-order valence-electron chi connectivity index (χ3n) is 8.78. The highest BCUT2D eigenvalue weighted by molar-refractivity contribution is 6.01. The fourth-order valence-corrected chi connectivity index (χ4v) is 6.23. The molecule has 0 spiro atoms. The molecule has 14 heteroatoms. The van der Waals surface area contributed by atoms with Crippen molar-refractivity contribution in [2.45, 2.75) is 50.6 Å². The molecule has 2 aromatic rings. The highest BCUT2D eigenvalue weighted by atomic mass is 19.4. The molecular weight excluding hydrogens is 606 g/mol. The van der Waals surface area contributed by atoms with Gasteiger partial charge in [-0.05, 0) is 50.5 Å². The number of aromatic nitrogens is 1. The van der Waals surface area contributed by atoms with Crippen molar-refractivity contribution in [1.82, 2.24) is 14.8 Å². The van der Waals surface area contributed by atoms with Gasteiger partial charge in [0.15, 0.2) is 0 Å². The van der Waals surface area contributed by atoms with Gasteiger partial charge in [-0.25, -0.2) is 9.37 Å². The molecule has 3 aliphatic heterocycles. The van der Waals surface area contributed by atoms with Crippen molar-refractivity contribution in [2.24, 2.45) is 0 Å². The Hall–Kier alpha value is -4.22. The number of nitriles is 1. The Balaban J connectivity index is 1.27. The molecule has 5 rings (SSSR count).